The molecule has 0 saturated heterocycles. The normalized spacial score (nSPS) is 12.6. The Balaban J connectivity index is 1.64. The van der Waals surface area contributed by atoms with Crippen LogP contribution in [0.4, 0.5) is 16.5 Å². The summed E-state index contributed by atoms with van der Waals surface area (Å²) < 4.78 is 6.19. The molecule has 0 radical (unpaired) electrons. The number of hydrogen-bond donors (Lipinski definition) is 2. The Kier molecular flexibility index (Phi) is 5.99. The van der Waals surface area contributed by atoms with Crippen molar-refractivity contribution in [1.29, 1.82) is 0 Å². The summed E-state index contributed by atoms with van der Waals surface area (Å²) in [6.07, 6.45) is 0. The number of anilines is 3. The number of thioether (sulfide) groups is 1. The van der Waals surface area contributed by atoms with E-state index in [1.165, 1.54) is 30.0 Å². The molecule has 0 saturated carbocycles. The number of carbonyl (C=O) groups excluding carboxylic acids is 1. The van der Waals surface area contributed by atoms with Crippen LogP contribution in [0.2, 0.25) is 0 Å². The van der Waals surface area contributed by atoms with Crippen LogP contribution in [-0.2, 0) is 10.2 Å². The Labute approximate surface area is 171 Å². The van der Waals surface area contributed by atoms with E-state index in [0.29, 0.717) is 16.8 Å². The molecule has 2 N–H and O–H groups in total. The predicted octanol–water partition coefficient (Wildman–Crippen LogP) is 4.77. The molecule has 0 aliphatic carbocycles. The Morgan fingerprint density at radius 1 is 1.25 bits per heavy atom. The maximum Gasteiger partial charge on any atom is 0.239 e. The monoisotopic (exact) mass is 418 g/mol. The predicted molar refractivity (Wildman–Crippen MR) is 111 cm³/mol. The molecule has 0 aliphatic rings. The number of rotatable bonds is 6. The van der Waals surface area contributed by atoms with Crippen LogP contribution in [0.1, 0.15) is 51.6 Å². The molecule has 1 atom stereocenters. The molecule has 0 aliphatic heterocycles. The van der Waals surface area contributed by atoms with Crippen LogP contribution in [0.15, 0.2) is 33.1 Å². The highest BCUT2D eigenvalue weighted by molar-refractivity contribution is 8.01. The summed E-state index contributed by atoms with van der Waals surface area (Å²) in [6, 6.07) is 7.42. The van der Waals surface area contributed by atoms with E-state index in [1.54, 1.807) is 0 Å². The van der Waals surface area contributed by atoms with Crippen LogP contribution in [-0.4, -0.2) is 26.2 Å². The topological polar surface area (TPSA) is 106 Å². The number of hydrogen-bond acceptors (Lipinski definition) is 9. The number of carbonyl (C=O) groups is 1. The van der Waals surface area contributed by atoms with Crippen molar-refractivity contribution in [2.24, 2.45) is 0 Å². The van der Waals surface area contributed by atoms with Gasteiger partial charge in [0.15, 0.2) is 10.2 Å². The first-order valence-electron chi connectivity index (χ1n) is 8.69. The van der Waals surface area contributed by atoms with E-state index >= 15 is 0 Å². The number of amides is 1. The largest absolute Gasteiger partial charge is 0.338 e. The lowest BCUT2D eigenvalue weighted by atomic mass is 9.96. The van der Waals surface area contributed by atoms with Crippen LogP contribution < -0.4 is 10.6 Å². The molecule has 3 rings (SSSR count). The first-order chi connectivity index (χ1) is 13.2. The first kappa shape index (κ1) is 20.3. The molecule has 3 aromatic rings. The highest BCUT2D eigenvalue weighted by atomic mass is 32.2. The molecule has 0 fully saturated rings. The van der Waals surface area contributed by atoms with Gasteiger partial charge in [-0.15, -0.1) is 10.2 Å². The van der Waals surface area contributed by atoms with E-state index < -0.39 is 0 Å². The van der Waals surface area contributed by atoms with Gasteiger partial charge in [0.2, 0.25) is 16.9 Å². The van der Waals surface area contributed by atoms with Crippen molar-refractivity contribution in [2.45, 2.75) is 49.6 Å². The maximum absolute atomic E-state index is 11.2. The van der Waals surface area contributed by atoms with Gasteiger partial charge in [-0.3, -0.25) is 4.79 Å². The minimum absolute atomic E-state index is 0.0347. The van der Waals surface area contributed by atoms with E-state index in [0.717, 1.165) is 15.7 Å². The van der Waals surface area contributed by atoms with Crippen molar-refractivity contribution in [3.05, 3.63) is 36.0 Å². The molecule has 1 aromatic carbocycles. The Bertz CT molecular complexity index is 963. The fourth-order valence-corrected chi connectivity index (χ4v) is 4.16. The van der Waals surface area contributed by atoms with E-state index in [2.05, 4.69) is 31.0 Å². The second kappa shape index (κ2) is 8.27. The summed E-state index contributed by atoms with van der Waals surface area (Å²) in [5.74, 6) is 1.15. The van der Waals surface area contributed by atoms with Gasteiger partial charge in [-0.2, -0.15) is 4.98 Å². The van der Waals surface area contributed by atoms with Crippen molar-refractivity contribution in [3.8, 4) is 0 Å². The second-order valence-electron chi connectivity index (χ2n) is 7.23. The summed E-state index contributed by atoms with van der Waals surface area (Å²) in [4.78, 5) is 15.7. The molecular weight excluding hydrogens is 396 g/mol. The number of nitrogens with one attached hydrogen (secondary N) is 2. The minimum atomic E-state index is -0.155. The van der Waals surface area contributed by atoms with Crippen molar-refractivity contribution in [1.82, 2.24) is 20.3 Å². The molecule has 0 unspecified atom stereocenters. The molecule has 2 heterocycles. The van der Waals surface area contributed by atoms with E-state index in [4.69, 9.17) is 4.52 Å². The van der Waals surface area contributed by atoms with Crippen LogP contribution in [0.3, 0.4) is 0 Å². The average Bonchev–Trinajstić information content (AvgIpc) is 3.24. The summed E-state index contributed by atoms with van der Waals surface area (Å²) in [5.41, 5.74) is 1.38. The van der Waals surface area contributed by atoms with Crippen LogP contribution in [0.25, 0.3) is 0 Å². The summed E-state index contributed by atoms with van der Waals surface area (Å²) >= 11 is 2.95. The Morgan fingerprint density at radius 2 is 2.00 bits per heavy atom. The fraction of sp³-hybridized carbons (Fsp3) is 0.389. The van der Waals surface area contributed by atoms with Gasteiger partial charge in [-0.25, -0.2) is 0 Å². The summed E-state index contributed by atoms with van der Waals surface area (Å²) in [5, 5.41) is 19.0. The van der Waals surface area contributed by atoms with Crippen molar-refractivity contribution in [2.75, 3.05) is 10.6 Å². The molecule has 0 spiro atoms. The lowest BCUT2D eigenvalue weighted by molar-refractivity contribution is -0.114. The standard InChI is InChI=1S/C18H22N6O2S2/c1-10(14-21-15(24-26-14)18(3,4)5)27-17-23-22-16(28-17)20-13-8-6-7-12(9-13)19-11(2)25/h6-10H,1-5H3,(H,19,25)(H,20,22)/t10-/m1/s1. The van der Waals surface area contributed by atoms with E-state index in [1.807, 2.05) is 52.0 Å². The highest BCUT2D eigenvalue weighted by Gasteiger charge is 2.24. The molecule has 148 valence electrons. The van der Waals surface area contributed by atoms with Gasteiger partial charge in [0.25, 0.3) is 0 Å². The van der Waals surface area contributed by atoms with E-state index in [9.17, 15) is 4.79 Å². The quantitative estimate of drug-likeness (QED) is 0.551. The number of nitrogens with zero attached hydrogens (tertiary/aromatic N) is 4. The molecule has 28 heavy (non-hydrogen) atoms. The van der Waals surface area contributed by atoms with Gasteiger partial charge < -0.3 is 15.2 Å². The third-order valence-electron chi connectivity index (χ3n) is 3.58. The zero-order valence-electron chi connectivity index (χ0n) is 16.3. The smallest absolute Gasteiger partial charge is 0.239 e. The maximum atomic E-state index is 11.2. The number of aromatic nitrogens is 4. The molecule has 1 amide bonds. The van der Waals surface area contributed by atoms with Crippen LogP contribution in [0, 0.1) is 0 Å². The highest BCUT2D eigenvalue weighted by Crippen LogP contribution is 2.37. The first-order valence-corrected chi connectivity index (χ1v) is 10.4. The van der Waals surface area contributed by atoms with Gasteiger partial charge in [0.1, 0.15) is 0 Å². The number of benzene rings is 1. The van der Waals surface area contributed by atoms with Gasteiger partial charge in [-0.1, -0.05) is 55.1 Å². The Hall–Kier alpha value is -2.46. The zero-order valence-corrected chi connectivity index (χ0v) is 17.9. The summed E-state index contributed by atoms with van der Waals surface area (Å²) in [7, 11) is 0. The zero-order chi connectivity index (χ0) is 20.3. The van der Waals surface area contributed by atoms with Crippen molar-refractivity contribution < 1.29 is 9.32 Å². The Morgan fingerprint density at radius 3 is 2.68 bits per heavy atom. The van der Waals surface area contributed by atoms with Crippen LogP contribution in [0.5, 0.6) is 0 Å². The van der Waals surface area contributed by atoms with Crippen molar-refractivity contribution in [3.63, 3.8) is 0 Å². The van der Waals surface area contributed by atoms with Gasteiger partial charge >= 0.3 is 0 Å². The fourth-order valence-electron chi connectivity index (χ4n) is 2.22. The second-order valence-corrected chi connectivity index (χ2v) is 9.79. The van der Waals surface area contributed by atoms with Crippen LogP contribution >= 0.6 is 23.1 Å². The van der Waals surface area contributed by atoms with Gasteiger partial charge in [0, 0.05) is 23.7 Å². The van der Waals surface area contributed by atoms with Gasteiger partial charge in [0.05, 0.1) is 5.25 Å². The SMILES string of the molecule is CC(=O)Nc1cccc(Nc2nnc(S[C@H](C)c3nc(C(C)(C)C)no3)s2)c1. The molecule has 8 nitrogen and oxygen atoms in total. The third kappa shape index (κ3) is 5.29. The molecule has 2 aromatic heterocycles. The molecular formula is C18H22N6O2S2. The summed E-state index contributed by atoms with van der Waals surface area (Å²) in [6.45, 7) is 9.61. The lowest BCUT2D eigenvalue weighted by Crippen LogP contribution is -2.13. The third-order valence-corrected chi connectivity index (χ3v) is 5.59. The molecule has 0 bridgehead atoms. The van der Waals surface area contributed by atoms with E-state index in [-0.39, 0.29) is 16.6 Å². The lowest BCUT2D eigenvalue weighted by Gasteiger charge is -2.11. The average molecular weight is 419 g/mol. The molecule has 10 heteroatoms. The minimum Gasteiger partial charge on any atom is -0.338 e. The van der Waals surface area contributed by atoms with Gasteiger partial charge in [-0.05, 0) is 25.1 Å². The van der Waals surface area contributed by atoms with Crippen molar-refractivity contribution >= 4 is 45.5 Å².